The minimum absolute atomic E-state index is 0.177. The largest absolute Gasteiger partial charge is 0.339 e. The lowest BCUT2D eigenvalue weighted by molar-refractivity contribution is 0.0598. The summed E-state index contributed by atoms with van der Waals surface area (Å²) in [5, 5.41) is 0. The summed E-state index contributed by atoms with van der Waals surface area (Å²) < 4.78 is 0. The van der Waals surface area contributed by atoms with Crippen molar-refractivity contribution in [3.05, 3.63) is 71.3 Å². The zero-order valence-electron chi connectivity index (χ0n) is 14.9. The van der Waals surface area contributed by atoms with Crippen LogP contribution >= 0.6 is 0 Å². The number of hydrogen-bond donors (Lipinski definition) is 0. The molecular weight excluding hydrogens is 308 g/mol. The lowest BCUT2D eigenvalue weighted by atomic mass is 9.80. The maximum atomic E-state index is 12.7. The third kappa shape index (κ3) is 3.21. The van der Waals surface area contributed by atoms with Gasteiger partial charge in [-0.25, -0.2) is 0 Å². The summed E-state index contributed by atoms with van der Waals surface area (Å²) in [6, 6.07) is 19.1. The second kappa shape index (κ2) is 7.01. The first-order chi connectivity index (χ1) is 12.2. The van der Waals surface area contributed by atoms with E-state index in [4.69, 9.17) is 0 Å². The molecule has 3 nitrogen and oxygen atoms in total. The second-order valence-corrected chi connectivity index (χ2v) is 7.37. The van der Waals surface area contributed by atoms with Crippen LogP contribution in [0.2, 0.25) is 0 Å². The van der Waals surface area contributed by atoms with E-state index in [0.717, 1.165) is 44.5 Å². The van der Waals surface area contributed by atoms with Crippen molar-refractivity contribution < 1.29 is 4.79 Å². The highest BCUT2D eigenvalue weighted by atomic mass is 16.2. The number of carbonyl (C=O) groups is 1. The molecule has 4 rings (SSSR count). The normalized spacial score (nSPS) is 21.8. The molecule has 0 N–H and O–H groups in total. The van der Waals surface area contributed by atoms with Crippen molar-refractivity contribution in [1.82, 2.24) is 9.80 Å². The Morgan fingerprint density at radius 2 is 1.60 bits per heavy atom. The summed E-state index contributed by atoms with van der Waals surface area (Å²) >= 11 is 0. The van der Waals surface area contributed by atoms with Crippen LogP contribution in [0.25, 0.3) is 0 Å². The maximum absolute atomic E-state index is 12.7. The first-order valence-electron chi connectivity index (χ1n) is 9.36. The molecule has 2 heterocycles. The van der Waals surface area contributed by atoms with Gasteiger partial charge in [0.05, 0.1) is 0 Å². The molecule has 0 radical (unpaired) electrons. The van der Waals surface area contributed by atoms with Gasteiger partial charge in [0.15, 0.2) is 0 Å². The minimum atomic E-state index is 0.177. The van der Waals surface area contributed by atoms with Crippen LogP contribution in [0, 0.1) is 5.92 Å². The molecule has 1 atom stereocenters. The molecule has 2 aliphatic rings. The summed E-state index contributed by atoms with van der Waals surface area (Å²) in [5.74, 6) is 0.808. The van der Waals surface area contributed by atoms with Crippen LogP contribution in [0.15, 0.2) is 54.6 Å². The molecule has 1 unspecified atom stereocenters. The summed E-state index contributed by atoms with van der Waals surface area (Å²) in [4.78, 5) is 17.2. The highest BCUT2D eigenvalue weighted by Crippen LogP contribution is 2.39. The predicted molar refractivity (Wildman–Crippen MR) is 101 cm³/mol. The van der Waals surface area contributed by atoms with Crippen LogP contribution in [0.4, 0.5) is 0 Å². The topological polar surface area (TPSA) is 23.6 Å². The molecule has 25 heavy (non-hydrogen) atoms. The lowest BCUT2D eigenvalue weighted by Gasteiger charge is -2.43. The average molecular weight is 334 g/mol. The zero-order chi connectivity index (χ0) is 17.2. The monoisotopic (exact) mass is 334 g/mol. The molecule has 130 valence electrons. The Kier molecular flexibility index (Phi) is 4.58. The van der Waals surface area contributed by atoms with Gasteiger partial charge < -0.3 is 4.90 Å². The Hall–Kier alpha value is -2.13. The fourth-order valence-electron chi connectivity index (χ4n) is 4.52. The van der Waals surface area contributed by atoms with Gasteiger partial charge in [-0.3, -0.25) is 9.69 Å². The van der Waals surface area contributed by atoms with Gasteiger partial charge in [-0.15, -0.1) is 0 Å². The third-order valence-corrected chi connectivity index (χ3v) is 5.88. The van der Waals surface area contributed by atoms with Crippen LogP contribution < -0.4 is 0 Å². The Morgan fingerprint density at radius 1 is 0.920 bits per heavy atom. The number of likely N-dealkylation sites (N-methyl/N-ethyl adjacent to an activating group) is 1. The van der Waals surface area contributed by atoms with Gasteiger partial charge in [0.25, 0.3) is 5.91 Å². The van der Waals surface area contributed by atoms with Crippen molar-refractivity contribution in [2.45, 2.75) is 25.3 Å². The number of likely N-dealkylation sites (tertiary alicyclic amines) is 1. The molecule has 1 fully saturated rings. The van der Waals surface area contributed by atoms with E-state index >= 15 is 0 Å². The SMILES string of the molecule is CN1CCc2ccccc2C1C1CCN(C(=O)c2ccccc2)CC1. The van der Waals surface area contributed by atoms with Crippen LogP contribution in [-0.4, -0.2) is 42.4 Å². The number of carbonyl (C=O) groups excluding carboxylic acids is 1. The van der Waals surface area contributed by atoms with E-state index in [1.165, 1.54) is 11.1 Å². The van der Waals surface area contributed by atoms with Gasteiger partial charge in [-0.1, -0.05) is 42.5 Å². The van der Waals surface area contributed by atoms with E-state index in [0.29, 0.717) is 12.0 Å². The molecule has 0 bridgehead atoms. The Labute approximate surface area is 150 Å². The number of rotatable bonds is 2. The van der Waals surface area contributed by atoms with Gasteiger partial charge in [0, 0.05) is 31.2 Å². The van der Waals surface area contributed by atoms with Gasteiger partial charge in [0.1, 0.15) is 0 Å². The molecule has 2 aromatic rings. The van der Waals surface area contributed by atoms with Gasteiger partial charge in [-0.2, -0.15) is 0 Å². The van der Waals surface area contributed by atoms with Gasteiger partial charge in [0.2, 0.25) is 0 Å². The highest BCUT2D eigenvalue weighted by molar-refractivity contribution is 5.94. The number of hydrogen-bond acceptors (Lipinski definition) is 2. The first-order valence-corrected chi connectivity index (χ1v) is 9.36. The van der Waals surface area contributed by atoms with E-state index in [-0.39, 0.29) is 5.91 Å². The zero-order valence-corrected chi connectivity index (χ0v) is 14.9. The molecule has 2 aliphatic heterocycles. The van der Waals surface area contributed by atoms with Crippen molar-refractivity contribution >= 4 is 5.91 Å². The minimum Gasteiger partial charge on any atom is -0.339 e. The second-order valence-electron chi connectivity index (χ2n) is 7.37. The molecule has 1 saturated heterocycles. The molecule has 1 amide bonds. The van der Waals surface area contributed by atoms with Crippen LogP contribution in [0.3, 0.4) is 0 Å². The predicted octanol–water partition coefficient (Wildman–Crippen LogP) is 3.77. The molecular formula is C22H26N2O. The van der Waals surface area contributed by atoms with Crippen molar-refractivity contribution in [1.29, 1.82) is 0 Å². The third-order valence-electron chi connectivity index (χ3n) is 5.88. The summed E-state index contributed by atoms with van der Waals surface area (Å²) in [5.41, 5.74) is 3.82. The Bertz CT molecular complexity index is 735. The molecule has 2 aromatic carbocycles. The number of benzene rings is 2. The number of piperidine rings is 1. The Morgan fingerprint density at radius 3 is 2.36 bits per heavy atom. The standard InChI is InChI=1S/C22H26N2O/c1-23-14-11-17-7-5-6-10-20(17)21(23)18-12-15-24(16-13-18)22(25)19-8-3-2-4-9-19/h2-10,18,21H,11-16H2,1H3. The van der Waals surface area contributed by atoms with Crippen LogP contribution in [-0.2, 0) is 6.42 Å². The smallest absolute Gasteiger partial charge is 0.253 e. The summed E-state index contributed by atoms with van der Waals surface area (Å²) in [6.45, 7) is 2.86. The fraction of sp³-hybridized carbons (Fsp3) is 0.409. The first kappa shape index (κ1) is 16.3. The Balaban J connectivity index is 1.46. The maximum Gasteiger partial charge on any atom is 0.253 e. The fourth-order valence-corrected chi connectivity index (χ4v) is 4.52. The summed E-state index contributed by atoms with van der Waals surface area (Å²) in [6.07, 6.45) is 3.32. The van der Waals surface area contributed by atoms with Gasteiger partial charge in [-0.05, 0) is 55.5 Å². The van der Waals surface area contributed by atoms with E-state index in [1.54, 1.807) is 0 Å². The molecule has 3 heteroatoms. The molecule has 0 spiro atoms. The summed E-state index contributed by atoms with van der Waals surface area (Å²) in [7, 11) is 2.25. The quantitative estimate of drug-likeness (QED) is 0.835. The number of nitrogens with zero attached hydrogens (tertiary/aromatic N) is 2. The average Bonchev–Trinajstić information content (AvgIpc) is 2.68. The van der Waals surface area contributed by atoms with E-state index < -0.39 is 0 Å². The van der Waals surface area contributed by atoms with E-state index in [9.17, 15) is 4.79 Å². The molecule has 0 aromatic heterocycles. The molecule has 0 saturated carbocycles. The van der Waals surface area contributed by atoms with Crippen LogP contribution in [0.1, 0.15) is 40.4 Å². The van der Waals surface area contributed by atoms with E-state index in [1.807, 2.05) is 35.2 Å². The van der Waals surface area contributed by atoms with Crippen LogP contribution in [0.5, 0.6) is 0 Å². The van der Waals surface area contributed by atoms with E-state index in [2.05, 4.69) is 36.2 Å². The van der Waals surface area contributed by atoms with Crippen molar-refractivity contribution in [3.63, 3.8) is 0 Å². The van der Waals surface area contributed by atoms with Crippen molar-refractivity contribution in [2.75, 3.05) is 26.7 Å². The van der Waals surface area contributed by atoms with Crippen molar-refractivity contribution in [3.8, 4) is 0 Å². The van der Waals surface area contributed by atoms with Crippen molar-refractivity contribution in [2.24, 2.45) is 5.92 Å². The molecule has 0 aliphatic carbocycles. The highest BCUT2D eigenvalue weighted by Gasteiger charge is 2.34. The lowest BCUT2D eigenvalue weighted by Crippen LogP contribution is -2.44. The van der Waals surface area contributed by atoms with Gasteiger partial charge >= 0.3 is 0 Å². The number of amides is 1. The number of fused-ring (bicyclic) bond motifs is 1.